The van der Waals surface area contributed by atoms with Crippen molar-refractivity contribution in [2.45, 2.75) is 12.5 Å². The summed E-state index contributed by atoms with van der Waals surface area (Å²) >= 11 is 7.92. The molecule has 1 amide bonds. The lowest BCUT2D eigenvalue weighted by Crippen LogP contribution is -2.37. The predicted molar refractivity (Wildman–Crippen MR) is 76.6 cm³/mol. The van der Waals surface area contributed by atoms with Gasteiger partial charge in [0.05, 0.1) is 10.6 Å². The summed E-state index contributed by atoms with van der Waals surface area (Å²) in [6.07, 6.45) is 2.63. The quantitative estimate of drug-likeness (QED) is 0.926. The Morgan fingerprint density at radius 1 is 1.67 bits per heavy atom. The molecule has 18 heavy (non-hydrogen) atoms. The van der Waals surface area contributed by atoms with Crippen LogP contribution >= 0.6 is 23.4 Å². The topological polar surface area (TPSA) is 45.2 Å². The van der Waals surface area contributed by atoms with Crippen molar-refractivity contribution in [1.82, 2.24) is 9.88 Å². The van der Waals surface area contributed by atoms with Gasteiger partial charge in [0.2, 0.25) is 0 Å². The number of carbonyl (C=O) groups excluding carboxylic acids is 1. The van der Waals surface area contributed by atoms with Gasteiger partial charge in [-0.2, -0.15) is 11.8 Å². The number of nitrogens with zero attached hydrogens (tertiary/aromatic N) is 2. The summed E-state index contributed by atoms with van der Waals surface area (Å²) in [6, 6.07) is 1.99. The summed E-state index contributed by atoms with van der Waals surface area (Å²) in [5, 5.41) is 3.34. The highest BCUT2D eigenvalue weighted by molar-refractivity contribution is 7.99. The van der Waals surface area contributed by atoms with Gasteiger partial charge < -0.3 is 10.2 Å². The van der Waals surface area contributed by atoms with Gasteiger partial charge in [-0.25, -0.2) is 4.98 Å². The van der Waals surface area contributed by atoms with E-state index in [0.717, 1.165) is 17.9 Å². The molecular weight excluding hydrogens is 270 g/mol. The van der Waals surface area contributed by atoms with Gasteiger partial charge in [0.1, 0.15) is 5.82 Å². The molecule has 1 aromatic rings. The van der Waals surface area contributed by atoms with Crippen LogP contribution in [0.1, 0.15) is 16.8 Å². The fourth-order valence-electron chi connectivity index (χ4n) is 1.94. The van der Waals surface area contributed by atoms with Gasteiger partial charge in [0.15, 0.2) is 0 Å². The summed E-state index contributed by atoms with van der Waals surface area (Å²) in [5.74, 6) is 2.71. The molecular formula is C12H16ClN3OS. The van der Waals surface area contributed by atoms with Crippen LogP contribution in [-0.2, 0) is 0 Å². The maximum Gasteiger partial charge on any atom is 0.255 e. The van der Waals surface area contributed by atoms with E-state index in [9.17, 15) is 4.79 Å². The number of carbonyl (C=O) groups is 1. The summed E-state index contributed by atoms with van der Waals surface area (Å²) in [7, 11) is 3.59. The molecule has 2 rings (SSSR count). The summed E-state index contributed by atoms with van der Waals surface area (Å²) in [6.45, 7) is 0. The lowest BCUT2D eigenvalue weighted by molar-refractivity contribution is 0.0747. The van der Waals surface area contributed by atoms with Gasteiger partial charge in [-0.3, -0.25) is 4.79 Å². The minimum Gasteiger partial charge on any atom is -0.372 e. The Morgan fingerprint density at radius 3 is 3.00 bits per heavy atom. The lowest BCUT2D eigenvalue weighted by atomic mass is 10.2. The third kappa shape index (κ3) is 2.72. The predicted octanol–water partition coefficient (Wildman–Crippen LogP) is 2.35. The number of thioether (sulfide) groups is 1. The number of nitrogens with one attached hydrogen (secondary N) is 1. The number of amides is 1. The molecule has 6 heteroatoms. The first-order chi connectivity index (χ1) is 8.63. The average Bonchev–Trinajstić information content (AvgIpc) is 2.90. The van der Waals surface area contributed by atoms with Gasteiger partial charge in [-0.1, -0.05) is 11.6 Å². The molecule has 1 aromatic heterocycles. The van der Waals surface area contributed by atoms with Crippen molar-refractivity contribution < 1.29 is 4.79 Å². The number of anilines is 1. The van der Waals surface area contributed by atoms with Crippen molar-refractivity contribution in [3.63, 3.8) is 0 Å². The summed E-state index contributed by atoms with van der Waals surface area (Å²) in [4.78, 5) is 18.2. The van der Waals surface area contributed by atoms with Gasteiger partial charge in [-0.15, -0.1) is 0 Å². The van der Waals surface area contributed by atoms with E-state index < -0.39 is 0 Å². The van der Waals surface area contributed by atoms with E-state index in [4.69, 9.17) is 11.6 Å². The summed E-state index contributed by atoms with van der Waals surface area (Å²) < 4.78 is 0. The van der Waals surface area contributed by atoms with Crippen LogP contribution in [0, 0.1) is 0 Å². The fraction of sp³-hybridized carbons (Fsp3) is 0.500. The zero-order valence-corrected chi connectivity index (χ0v) is 12.0. The van der Waals surface area contributed by atoms with Crippen LogP contribution in [0.2, 0.25) is 5.02 Å². The molecule has 1 unspecified atom stereocenters. The molecule has 0 bridgehead atoms. The molecule has 98 valence electrons. The summed E-state index contributed by atoms with van der Waals surface area (Å²) in [5.41, 5.74) is 0.540. The Bertz CT molecular complexity index is 449. The van der Waals surface area contributed by atoms with Crippen molar-refractivity contribution in [1.29, 1.82) is 0 Å². The number of hydrogen-bond acceptors (Lipinski definition) is 4. The molecule has 1 N–H and O–H groups in total. The smallest absolute Gasteiger partial charge is 0.255 e. The fourth-order valence-corrected chi connectivity index (χ4v) is 3.46. The van der Waals surface area contributed by atoms with Crippen LogP contribution in [-0.4, -0.2) is 47.4 Å². The normalized spacial score (nSPS) is 18.7. The second kappa shape index (κ2) is 5.80. The maximum absolute atomic E-state index is 12.3. The highest BCUT2D eigenvalue weighted by atomic mass is 35.5. The van der Waals surface area contributed by atoms with Crippen LogP contribution in [0.15, 0.2) is 12.3 Å². The van der Waals surface area contributed by atoms with Crippen LogP contribution in [0.5, 0.6) is 0 Å². The number of aromatic nitrogens is 1. The molecule has 4 nitrogen and oxygen atoms in total. The molecule has 2 heterocycles. The van der Waals surface area contributed by atoms with Crippen LogP contribution in [0.25, 0.3) is 0 Å². The van der Waals surface area contributed by atoms with Crippen LogP contribution in [0.4, 0.5) is 5.82 Å². The average molecular weight is 286 g/mol. The van der Waals surface area contributed by atoms with Crippen molar-refractivity contribution >= 4 is 35.1 Å². The molecule has 0 aliphatic carbocycles. The van der Waals surface area contributed by atoms with Crippen LogP contribution < -0.4 is 5.32 Å². The largest absolute Gasteiger partial charge is 0.372 e. The Kier molecular flexibility index (Phi) is 4.35. The van der Waals surface area contributed by atoms with Gasteiger partial charge in [-0.05, 0) is 18.2 Å². The number of halogens is 1. The first-order valence-electron chi connectivity index (χ1n) is 5.81. The zero-order valence-electron chi connectivity index (χ0n) is 10.4. The Balaban J connectivity index is 2.15. The number of hydrogen-bond donors (Lipinski definition) is 1. The van der Waals surface area contributed by atoms with E-state index >= 15 is 0 Å². The molecule has 1 atom stereocenters. The minimum absolute atomic E-state index is 0.0143. The SMILES string of the molecule is CNc1ncc(C(=O)N(C)C2CCSC2)cc1Cl. The standard InChI is InChI=1S/C12H16ClN3OS/c1-14-11-10(13)5-8(6-15-11)12(17)16(2)9-3-4-18-7-9/h5-6,9H,3-4,7H2,1-2H3,(H,14,15). The molecule has 0 aromatic carbocycles. The third-order valence-corrected chi connectivity index (χ3v) is 4.53. The third-order valence-electron chi connectivity index (χ3n) is 3.10. The second-order valence-electron chi connectivity index (χ2n) is 4.24. The Hall–Kier alpha value is -0.940. The van der Waals surface area contributed by atoms with E-state index in [1.807, 2.05) is 18.8 Å². The van der Waals surface area contributed by atoms with E-state index in [2.05, 4.69) is 10.3 Å². The Morgan fingerprint density at radius 2 is 2.44 bits per heavy atom. The van der Waals surface area contributed by atoms with Crippen molar-refractivity contribution in [2.24, 2.45) is 0 Å². The monoisotopic (exact) mass is 285 g/mol. The molecule has 0 radical (unpaired) electrons. The first kappa shape index (κ1) is 13.5. The molecule has 0 spiro atoms. The van der Waals surface area contributed by atoms with E-state index in [1.54, 1.807) is 24.2 Å². The lowest BCUT2D eigenvalue weighted by Gasteiger charge is -2.23. The van der Waals surface area contributed by atoms with Gasteiger partial charge in [0.25, 0.3) is 5.91 Å². The van der Waals surface area contributed by atoms with Crippen molar-refractivity contribution in [2.75, 3.05) is 30.9 Å². The molecule has 1 aliphatic heterocycles. The van der Waals surface area contributed by atoms with Crippen molar-refractivity contribution in [3.8, 4) is 0 Å². The van der Waals surface area contributed by atoms with Gasteiger partial charge >= 0.3 is 0 Å². The minimum atomic E-state index is -0.0143. The first-order valence-corrected chi connectivity index (χ1v) is 7.35. The van der Waals surface area contributed by atoms with Crippen molar-refractivity contribution in [3.05, 3.63) is 22.8 Å². The Labute approximate surface area is 116 Å². The van der Waals surface area contributed by atoms with E-state index in [1.165, 1.54) is 0 Å². The number of rotatable bonds is 3. The highest BCUT2D eigenvalue weighted by Gasteiger charge is 2.25. The molecule has 1 fully saturated rings. The molecule has 0 saturated carbocycles. The van der Waals surface area contributed by atoms with Crippen LogP contribution in [0.3, 0.4) is 0 Å². The molecule has 1 saturated heterocycles. The number of pyridine rings is 1. The second-order valence-corrected chi connectivity index (χ2v) is 5.79. The molecule has 1 aliphatic rings. The van der Waals surface area contributed by atoms with E-state index in [-0.39, 0.29) is 5.91 Å². The van der Waals surface area contributed by atoms with Gasteiger partial charge in [0, 0.05) is 32.1 Å². The highest BCUT2D eigenvalue weighted by Crippen LogP contribution is 2.24. The van der Waals surface area contributed by atoms with E-state index in [0.29, 0.717) is 22.4 Å². The zero-order chi connectivity index (χ0) is 13.1. The maximum atomic E-state index is 12.3.